The molecule has 0 saturated carbocycles. The summed E-state index contributed by atoms with van der Waals surface area (Å²) in [7, 11) is 0. The third-order valence-electron chi connectivity index (χ3n) is 2.80. The van der Waals surface area contributed by atoms with Gasteiger partial charge in [-0.05, 0) is 23.3 Å². The fourth-order valence-electron chi connectivity index (χ4n) is 1.79. The monoisotopic (exact) mass is 298 g/mol. The van der Waals surface area contributed by atoms with Gasteiger partial charge in [-0.25, -0.2) is 0 Å². The number of benzene rings is 2. The molecule has 2 aromatic rings. The lowest BCUT2D eigenvalue weighted by Crippen LogP contribution is -1.89. The second-order valence-corrected chi connectivity index (χ2v) is 5.00. The van der Waals surface area contributed by atoms with Crippen molar-refractivity contribution >= 4 is 22.0 Å². The van der Waals surface area contributed by atoms with Gasteiger partial charge in [0.15, 0.2) is 0 Å². The van der Waals surface area contributed by atoms with Crippen LogP contribution in [0.4, 0.5) is 0 Å². The molecule has 0 aromatic heterocycles. The molecule has 0 amide bonds. The maximum absolute atomic E-state index is 3.91. The Balaban J connectivity index is 2.17. The molecule has 18 heavy (non-hydrogen) atoms. The summed E-state index contributed by atoms with van der Waals surface area (Å²) in [6, 6.07) is 18.7. The SMILES string of the molecule is C=CC(/C=C/c1ccccc1)c1ccc(Br)cc1. The van der Waals surface area contributed by atoms with Gasteiger partial charge in [0.1, 0.15) is 0 Å². The van der Waals surface area contributed by atoms with Crippen molar-refractivity contribution < 1.29 is 0 Å². The summed E-state index contributed by atoms with van der Waals surface area (Å²) in [4.78, 5) is 0. The van der Waals surface area contributed by atoms with Crippen molar-refractivity contribution in [2.24, 2.45) is 0 Å². The lowest BCUT2D eigenvalue weighted by molar-refractivity contribution is 1.09. The van der Waals surface area contributed by atoms with Crippen LogP contribution in [0.25, 0.3) is 6.08 Å². The Kier molecular flexibility index (Phi) is 4.54. The highest BCUT2D eigenvalue weighted by molar-refractivity contribution is 9.10. The first-order valence-corrected chi connectivity index (χ1v) is 6.70. The molecule has 0 saturated heterocycles. The molecule has 0 spiro atoms. The quantitative estimate of drug-likeness (QED) is 0.660. The summed E-state index contributed by atoms with van der Waals surface area (Å²) < 4.78 is 1.10. The Bertz CT molecular complexity index is 523. The number of hydrogen-bond donors (Lipinski definition) is 0. The lowest BCUT2D eigenvalue weighted by atomic mass is 9.98. The summed E-state index contributed by atoms with van der Waals surface area (Å²) in [5, 5.41) is 0. The van der Waals surface area contributed by atoms with Crippen molar-refractivity contribution in [2.75, 3.05) is 0 Å². The van der Waals surface area contributed by atoms with Crippen LogP contribution in [-0.4, -0.2) is 0 Å². The minimum absolute atomic E-state index is 0.248. The van der Waals surface area contributed by atoms with Gasteiger partial charge in [-0.2, -0.15) is 0 Å². The van der Waals surface area contributed by atoms with E-state index in [4.69, 9.17) is 0 Å². The number of allylic oxidation sites excluding steroid dienone is 2. The molecule has 0 bridgehead atoms. The fourth-order valence-corrected chi connectivity index (χ4v) is 2.05. The summed E-state index contributed by atoms with van der Waals surface area (Å²) in [6.07, 6.45) is 6.27. The van der Waals surface area contributed by atoms with E-state index in [9.17, 15) is 0 Å². The van der Waals surface area contributed by atoms with Crippen LogP contribution < -0.4 is 0 Å². The summed E-state index contributed by atoms with van der Waals surface area (Å²) in [5.41, 5.74) is 2.46. The average molecular weight is 299 g/mol. The van der Waals surface area contributed by atoms with Gasteiger partial charge < -0.3 is 0 Å². The lowest BCUT2D eigenvalue weighted by Gasteiger charge is -2.07. The number of halogens is 1. The molecule has 1 atom stereocenters. The molecule has 0 aliphatic rings. The van der Waals surface area contributed by atoms with E-state index in [0.29, 0.717) is 0 Å². The standard InChI is InChI=1S/C17H15Br/c1-2-15(16-10-12-17(18)13-11-16)9-8-14-6-4-3-5-7-14/h2-13,15H,1H2/b9-8+. The Labute approximate surface area is 117 Å². The average Bonchev–Trinajstić information content (AvgIpc) is 2.42. The zero-order valence-corrected chi connectivity index (χ0v) is 11.7. The minimum Gasteiger partial charge on any atom is -0.102 e. The molecular formula is C17H15Br. The molecule has 0 heterocycles. The first kappa shape index (κ1) is 12.8. The molecule has 0 aliphatic heterocycles. The first-order valence-electron chi connectivity index (χ1n) is 5.91. The van der Waals surface area contributed by atoms with Gasteiger partial charge >= 0.3 is 0 Å². The van der Waals surface area contributed by atoms with Crippen molar-refractivity contribution in [1.29, 1.82) is 0 Å². The van der Waals surface area contributed by atoms with Crippen molar-refractivity contribution in [3.8, 4) is 0 Å². The van der Waals surface area contributed by atoms with Crippen LogP contribution in [-0.2, 0) is 0 Å². The second-order valence-electron chi connectivity index (χ2n) is 4.08. The van der Waals surface area contributed by atoms with E-state index in [0.717, 1.165) is 4.47 Å². The molecular weight excluding hydrogens is 284 g/mol. The van der Waals surface area contributed by atoms with Gasteiger partial charge in [0.25, 0.3) is 0 Å². The molecule has 1 unspecified atom stereocenters. The molecule has 2 aromatic carbocycles. The van der Waals surface area contributed by atoms with Crippen LogP contribution in [0.5, 0.6) is 0 Å². The second kappa shape index (κ2) is 6.36. The highest BCUT2D eigenvalue weighted by Gasteiger charge is 2.02. The Hall–Kier alpha value is -1.60. The van der Waals surface area contributed by atoms with Crippen LogP contribution in [0.3, 0.4) is 0 Å². The van der Waals surface area contributed by atoms with Crippen molar-refractivity contribution in [2.45, 2.75) is 5.92 Å². The zero-order chi connectivity index (χ0) is 12.8. The van der Waals surface area contributed by atoms with Gasteiger partial charge in [-0.1, -0.05) is 76.6 Å². The topological polar surface area (TPSA) is 0 Å². The van der Waals surface area contributed by atoms with Crippen LogP contribution in [0, 0.1) is 0 Å². The highest BCUT2D eigenvalue weighted by Crippen LogP contribution is 2.21. The zero-order valence-electron chi connectivity index (χ0n) is 10.1. The normalized spacial score (nSPS) is 12.5. The maximum atomic E-state index is 3.91. The molecule has 90 valence electrons. The molecule has 1 heteroatoms. The van der Waals surface area contributed by atoms with E-state index in [2.05, 4.69) is 71.1 Å². The predicted octanol–water partition coefficient (Wildman–Crippen LogP) is 5.43. The molecule has 2 rings (SSSR count). The van der Waals surface area contributed by atoms with Crippen LogP contribution in [0.15, 0.2) is 77.8 Å². The summed E-state index contributed by atoms with van der Waals surface area (Å²) >= 11 is 3.45. The fraction of sp³-hybridized carbons (Fsp3) is 0.0588. The third-order valence-corrected chi connectivity index (χ3v) is 3.33. The van der Waals surface area contributed by atoms with Gasteiger partial charge in [0.2, 0.25) is 0 Å². The van der Waals surface area contributed by atoms with E-state index in [1.165, 1.54) is 11.1 Å². The number of rotatable bonds is 4. The summed E-state index contributed by atoms with van der Waals surface area (Å²) in [6.45, 7) is 3.91. The van der Waals surface area contributed by atoms with Crippen LogP contribution >= 0.6 is 15.9 Å². The largest absolute Gasteiger partial charge is 0.102 e. The van der Waals surface area contributed by atoms with Crippen LogP contribution in [0.1, 0.15) is 17.0 Å². The third kappa shape index (κ3) is 3.44. The molecule has 0 N–H and O–H groups in total. The Morgan fingerprint density at radius 2 is 1.61 bits per heavy atom. The van der Waals surface area contributed by atoms with Crippen molar-refractivity contribution in [3.63, 3.8) is 0 Å². The van der Waals surface area contributed by atoms with Crippen molar-refractivity contribution in [1.82, 2.24) is 0 Å². The van der Waals surface area contributed by atoms with E-state index in [1.54, 1.807) is 0 Å². The molecule has 0 aliphatic carbocycles. The first-order chi connectivity index (χ1) is 8.79. The Morgan fingerprint density at radius 1 is 0.944 bits per heavy atom. The molecule has 0 nitrogen and oxygen atoms in total. The van der Waals surface area contributed by atoms with Gasteiger partial charge in [0, 0.05) is 10.4 Å². The van der Waals surface area contributed by atoms with Gasteiger partial charge in [0.05, 0.1) is 0 Å². The smallest absolute Gasteiger partial charge is 0.0199 e. The van der Waals surface area contributed by atoms with E-state index in [-0.39, 0.29) is 5.92 Å². The number of hydrogen-bond acceptors (Lipinski definition) is 0. The van der Waals surface area contributed by atoms with Gasteiger partial charge in [-0.15, -0.1) is 6.58 Å². The molecule has 0 fully saturated rings. The predicted molar refractivity (Wildman–Crippen MR) is 82.6 cm³/mol. The minimum atomic E-state index is 0.248. The van der Waals surface area contributed by atoms with E-state index >= 15 is 0 Å². The van der Waals surface area contributed by atoms with Gasteiger partial charge in [-0.3, -0.25) is 0 Å². The van der Waals surface area contributed by atoms with E-state index in [1.807, 2.05) is 24.3 Å². The Morgan fingerprint density at radius 3 is 2.22 bits per heavy atom. The highest BCUT2D eigenvalue weighted by atomic mass is 79.9. The maximum Gasteiger partial charge on any atom is 0.0199 e. The van der Waals surface area contributed by atoms with E-state index < -0.39 is 0 Å². The van der Waals surface area contributed by atoms with Crippen molar-refractivity contribution in [3.05, 3.63) is 88.9 Å². The van der Waals surface area contributed by atoms with Crippen LogP contribution in [0.2, 0.25) is 0 Å². The molecule has 0 radical (unpaired) electrons. The summed E-state index contributed by atoms with van der Waals surface area (Å²) in [5.74, 6) is 0.248.